The van der Waals surface area contributed by atoms with E-state index >= 15 is 0 Å². The van der Waals surface area contributed by atoms with Crippen molar-refractivity contribution in [1.82, 2.24) is 4.31 Å². The zero-order valence-corrected chi connectivity index (χ0v) is 21.6. The van der Waals surface area contributed by atoms with Gasteiger partial charge < -0.3 is 4.90 Å². The number of nitrogens with zero attached hydrogens (tertiary/aromatic N) is 2. The Hall–Kier alpha value is -2.06. The largest absolute Gasteiger partial charge is 0.371 e. The Balaban J connectivity index is 1.41. The summed E-state index contributed by atoms with van der Waals surface area (Å²) in [6, 6.07) is 20.4. The second-order valence-electron chi connectivity index (χ2n) is 8.60. The molecule has 4 rings (SSSR count). The van der Waals surface area contributed by atoms with Crippen LogP contribution in [0.4, 0.5) is 10.1 Å². The van der Waals surface area contributed by atoms with Crippen LogP contribution in [0.25, 0.3) is 0 Å². The molecule has 0 amide bonds. The molecule has 0 atom stereocenters. The van der Waals surface area contributed by atoms with Crippen LogP contribution >= 0.6 is 23.4 Å². The van der Waals surface area contributed by atoms with Crippen LogP contribution in [0.5, 0.6) is 0 Å². The van der Waals surface area contributed by atoms with E-state index in [1.54, 1.807) is 30.0 Å². The van der Waals surface area contributed by atoms with E-state index in [4.69, 9.17) is 11.6 Å². The van der Waals surface area contributed by atoms with Crippen molar-refractivity contribution >= 4 is 39.1 Å². The molecular formula is C26H28ClFN2O2S2. The summed E-state index contributed by atoms with van der Waals surface area (Å²) in [6.07, 6.45) is 1.78. The van der Waals surface area contributed by atoms with Crippen molar-refractivity contribution in [3.8, 4) is 0 Å². The summed E-state index contributed by atoms with van der Waals surface area (Å²) in [7, 11) is -0.361. The average Bonchev–Trinajstić information content (AvgIpc) is 2.83. The van der Waals surface area contributed by atoms with Crippen LogP contribution in [0, 0.1) is 5.82 Å². The third kappa shape index (κ3) is 5.60. The van der Waals surface area contributed by atoms with Gasteiger partial charge in [-0.3, -0.25) is 0 Å². The van der Waals surface area contributed by atoms with E-state index in [0.717, 1.165) is 42.1 Å². The van der Waals surface area contributed by atoms with Gasteiger partial charge in [0.15, 0.2) is 0 Å². The first-order valence-corrected chi connectivity index (χ1v) is 14.0. The van der Waals surface area contributed by atoms with E-state index in [-0.39, 0.29) is 11.7 Å². The maximum Gasteiger partial charge on any atom is 0.242 e. The molecule has 1 fully saturated rings. The van der Waals surface area contributed by atoms with Gasteiger partial charge in [0.1, 0.15) is 5.82 Å². The Labute approximate surface area is 210 Å². The summed E-state index contributed by atoms with van der Waals surface area (Å²) in [5.41, 5.74) is 3.19. The average molecular weight is 519 g/mol. The first-order chi connectivity index (χ1) is 16.3. The molecule has 0 N–H and O–H groups in total. The molecule has 3 aromatic carbocycles. The topological polar surface area (TPSA) is 40.6 Å². The highest BCUT2D eigenvalue weighted by Gasteiger charge is 2.24. The summed E-state index contributed by atoms with van der Waals surface area (Å²) in [5, 5.41) is 0.430. The molecule has 0 spiro atoms. The van der Waals surface area contributed by atoms with Gasteiger partial charge in [0.25, 0.3) is 0 Å². The van der Waals surface area contributed by atoms with Gasteiger partial charge in [-0.2, -0.15) is 0 Å². The first-order valence-electron chi connectivity index (χ1n) is 11.2. The molecule has 0 aliphatic carbocycles. The highest BCUT2D eigenvalue weighted by Crippen LogP contribution is 2.35. The Kier molecular flexibility index (Phi) is 7.87. The van der Waals surface area contributed by atoms with E-state index < -0.39 is 10.0 Å². The monoisotopic (exact) mass is 518 g/mol. The second kappa shape index (κ2) is 10.7. The number of benzene rings is 3. The van der Waals surface area contributed by atoms with Crippen molar-refractivity contribution in [2.75, 3.05) is 32.1 Å². The minimum absolute atomic E-state index is 0.201. The third-order valence-electron chi connectivity index (χ3n) is 6.23. The fourth-order valence-electron chi connectivity index (χ4n) is 4.29. The smallest absolute Gasteiger partial charge is 0.242 e. The highest BCUT2D eigenvalue weighted by molar-refractivity contribution is 7.98. The molecule has 0 unspecified atom stereocenters. The highest BCUT2D eigenvalue weighted by atomic mass is 35.5. The van der Waals surface area contributed by atoms with Crippen molar-refractivity contribution in [2.24, 2.45) is 0 Å². The minimum Gasteiger partial charge on any atom is -0.371 e. The Bertz CT molecular complexity index is 1240. The second-order valence-corrected chi connectivity index (χ2v) is 12.2. The summed E-state index contributed by atoms with van der Waals surface area (Å²) >= 11 is 7.59. The van der Waals surface area contributed by atoms with E-state index in [2.05, 4.69) is 23.1 Å². The van der Waals surface area contributed by atoms with Crippen LogP contribution in [0.15, 0.2) is 76.5 Å². The fourth-order valence-corrected chi connectivity index (χ4v) is 6.24. The molecule has 0 radical (unpaired) electrons. The lowest BCUT2D eigenvalue weighted by molar-refractivity contribution is 0.481. The number of para-hydroxylation sites is 1. The molecule has 34 heavy (non-hydrogen) atoms. The molecule has 0 bridgehead atoms. The van der Waals surface area contributed by atoms with E-state index in [1.807, 2.05) is 24.3 Å². The molecule has 8 heteroatoms. The minimum atomic E-state index is -3.42. The van der Waals surface area contributed by atoms with Crippen LogP contribution in [0.1, 0.15) is 29.9 Å². The molecule has 1 aliphatic rings. The van der Waals surface area contributed by atoms with Crippen molar-refractivity contribution in [2.45, 2.75) is 34.3 Å². The summed E-state index contributed by atoms with van der Waals surface area (Å²) < 4.78 is 40.1. The van der Waals surface area contributed by atoms with E-state index in [0.29, 0.717) is 9.92 Å². The third-order valence-corrected chi connectivity index (χ3v) is 9.35. The number of anilines is 1. The SMILES string of the molecule is CN(C)S(=O)(=O)c1ccc(SCc2ccccc2N2CCC(c3ccc(Cl)cc3F)CC2)cc1. The normalized spacial score (nSPS) is 15.1. The lowest BCUT2D eigenvalue weighted by Gasteiger charge is -2.35. The first kappa shape index (κ1) is 25.0. The number of piperidine rings is 1. The number of hydrogen-bond acceptors (Lipinski definition) is 4. The van der Waals surface area contributed by atoms with Gasteiger partial charge in [-0.15, -0.1) is 11.8 Å². The van der Waals surface area contributed by atoms with Gasteiger partial charge in [0, 0.05) is 48.5 Å². The van der Waals surface area contributed by atoms with Gasteiger partial charge in [0.2, 0.25) is 10.0 Å². The number of hydrogen-bond donors (Lipinski definition) is 0. The molecule has 0 saturated carbocycles. The lowest BCUT2D eigenvalue weighted by atomic mass is 9.88. The van der Waals surface area contributed by atoms with Gasteiger partial charge in [-0.25, -0.2) is 17.1 Å². The number of sulfonamides is 1. The summed E-state index contributed by atoms with van der Waals surface area (Å²) in [6.45, 7) is 1.73. The van der Waals surface area contributed by atoms with Gasteiger partial charge in [0.05, 0.1) is 4.90 Å². The maximum atomic E-state index is 14.4. The predicted octanol–water partition coefficient (Wildman–Crippen LogP) is 6.41. The zero-order chi connectivity index (χ0) is 24.3. The van der Waals surface area contributed by atoms with Crippen molar-refractivity contribution in [3.05, 3.63) is 88.7 Å². The molecule has 4 nitrogen and oxygen atoms in total. The standard InChI is InChI=1S/C26H28ClFN2O2S2/c1-29(2)34(31,32)23-10-8-22(9-11-23)33-18-20-5-3-4-6-26(20)30-15-13-19(14-16-30)24-12-7-21(27)17-25(24)28/h3-12,17,19H,13-16,18H2,1-2H3. The van der Waals surface area contributed by atoms with E-state index in [1.165, 1.54) is 35.7 Å². The van der Waals surface area contributed by atoms with Crippen molar-refractivity contribution in [3.63, 3.8) is 0 Å². The fraction of sp³-hybridized carbons (Fsp3) is 0.308. The lowest BCUT2D eigenvalue weighted by Crippen LogP contribution is -2.33. The Morgan fingerprint density at radius 1 is 1.03 bits per heavy atom. The molecule has 1 saturated heterocycles. The molecule has 180 valence electrons. The molecule has 3 aromatic rings. The van der Waals surface area contributed by atoms with Crippen LogP contribution in [-0.2, 0) is 15.8 Å². The van der Waals surface area contributed by atoms with Gasteiger partial charge in [-0.1, -0.05) is 35.9 Å². The maximum absolute atomic E-state index is 14.4. The molecule has 1 aliphatic heterocycles. The van der Waals surface area contributed by atoms with Crippen LogP contribution in [0.2, 0.25) is 5.02 Å². The predicted molar refractivity (Wildman–Crippen MR) is 139 cm³/mol. The van der Waals surface area contributed by atoms with Crippen LogP contribution < -0.4 is 4.90 Å². The van der Waals surface area contributed by atoms with Crippen LogP contribution in [0.3, 0.4) is 0 Å². The summed E-state index contributed by atoms with van der Waals surface area (Å²) in [4.78, 5) is 3.69. The summed E-state index contributed by atoms with van der Waals surface area (Å²) in [5.74, 6) is 0.765. The number of rotatable bonds is 7. The van der Waals surface area contributed by atoms with Crippen molar-refractivity contribution < 1.29 is 12.8 Å². The van der Waals surface area contributed by atoms with Crippen molar-refractivity contribution in [1.29, 1.82) is 0 Å². The molecule has 0 aromatic heterocycles. The van der Waals surface area contributed by atoms with Gasteiger partial charge in [-0.05, 0) is 72.4 Å². The zero-order valence-electron chi connectivity index (χ0n) is 19.2. The molecule has 1 heterocycles. The number of thioether (sulfide) groups is 1. The van der Waals surface area contributed by atoms with Gasteiger partial charge >= 0.3 is 0 Å². The molecular weight excluding hydrogens is 491 g/mol. The Morgan fingerprint density at radius 2 is 1.71 bits per heavy atom. The Morgan fingerprint density at radius 3 is 2.35 bits per heavy atom. The van der Waals surface area contributed by atoms with E-state index in [9.17, 15) is 12.8 Å². The number of halogens is 2. The van der Waals surface area contributed by atoms with Crippen LogP contribution in [-0.4, -0.2) is 39.9 Å². The quantitative estimate of drug-likeness (QED) is 0.339.